The van der Waals surface area contributed by atoms with Gasteiger partial charge in [0.15, 0.2) is 0 Å². The molecule has 19 heavy (non-hydrogen) atoms. The van der Waals surface area contributed by atoms with E-state index >= 15 is 0 Å². The van der Waals surface area contributed by atoms with Crippen LogP contribution in [0.2, 0.25) is 0 Å². The van der Waals surface area contributed by atoms with Crippen LogP contribution in [0, 0.1) is 0 Å². The maximum Gasteiger partial charge on any atom is 0.306 e. The first kappa shape index (κ1) is 18.3. The molecule has 9 heteroatoms. The lowest BCUT2D eigenvalue weighted by atomic mass is 10.4. The monoisotopic (exact) mass is 298 g/mol. The predicted molar refractivity (Wildman–Crippen MR) is 68.9 cm³/mol. The third-order valence-corrected chi connectivity index (χ3v) is 3.98. The average Bonchev–Trinajstić information content (AvgIpc) is 2.40. The molecule has 1 unspecified atom stereocenters. The molecule has 0 aromatic heterocycles. The topological polar surface area (TPSA) is 94.2 Å². The Balaban J connectivity index is 4.25. The van der Waals surface area contributed by atoms with Crippen LogP contribution in [0.1, 0.15) is 6.42 Å². The minimum atomic E-state index is -3.65. The van der Waals surface area contributed by atoms with Crippen LogP contribution in [-0.4, -0.2) is 72.9 Å². The maximum atomic E-state index is 11.8. The van der Waals surface area contributed by atoms with Gasteiger partial charge in [0.2, 0.25) is 0 Å². The molecule has 0 saturated carbocycles. The first-order valence-corrected chi connectivity index (χ1v) is 7.10. The minimum Gasteiger partial charge on any atom is -0.469 e. The Morgan fingerprint density at radius 3 is 2.42 bits per heavy atom. The Kier molecular flexibility index (Phi) is 8.85. The molecule has 8 nitrogen and oxygen atoms in total. The zero-order valence-electron chi connectivity index (χ0n) is 11.7. The summed E-state index contributed by atoms with van der Waals surface area (Å²) in [5, 5.41) is 0. The van der Waals surface area contributed by atoms with Gasteiger partial charge in [-0.15, -0.1) is 0 Å². The number of hydrogen-bond donors (Lipinski definition) is 1. The maximum absolute atomic E-state index is 11.8. The van der Waals surface area contributed by atoms with Gasteiger partial charge in [-0.2, -0.15) is 17.4 Å². The summed E-state index contributed by atoms with van der Waals surface area (Å²) >= 11 is 0. The van der Waals surface area contributed by atoms with E-state index in [9.17, 15) is 13.2 Å². The second-order valence-corrected chi connectivity index (χ2v) is 5.68. The van der Waals surface area contributed by atoms with E-state index in [1.165, 1.54) is 28.4 Å². The van der Waals surface area contributed by atoms with Crippen molar-refractivity contribution in [2.75, 3.05) is 48.1 Å². The van der Waals surface area contributed by atoms with Crippen molar-refractivity contribution >= 4 is 16.2 Å². The molecular weight excluding hydrogens is 276 g/mol. The highest BCUT2D eigenvalue weighted by atomic mass is 32.2. The van der Waals surface area contributed by atoms with Gasteiger partial charge in [-0.05, 0) is 0 Å². The summed E-state index contributed by atoms with van der Waals surface area (Å²) in [6.07, 6.45) is -0.367. The van der Waals surface area contributed by atoms with Crippen molar-refractivity contribution in [3.63, 3.8) is 0 Å². The summed E-state index contributed by atoms with van der Waals surface area (Å²) in [7, 11) is 1.96. The fourth-order valence-electron chi connectivity index (χ4n) is 1.18. The molecule has 0 aromatic carbocycles. The molecule has 0 fully saturated rings. The van der Waals surface area contributed by atoms with Crippen molar-refractivity contribution in [2.45, 2.75) is 12.5 Å². The molecule has 0 heterocycles. The Labute approximate surface area is 114 Å². The molecular formula is C10H22N2O6S. The number of carbonyl (C=O) groups excluding carboxylic acids is 1. The molecule has 0 radical (unpaired) electrons. The smallest absolute Gasteiger partial charge is 0.306 e. The van der Waals surface area contributed by atoms with Crippen molar-refractivity contribution in [3.05, 3.63) is 0 Å². The fourth-order valence-corrected chi connectivity index (χ4v) is 2.12. The van der Waals surface area contributed by atoms with Crippen molar-refractivity contribution in [2.24, 2.45) is 0 Å². The molecule has 0 spiro atoms. The zero-order valence-corrected chi connectivity index (χ0v) is 12.5. The first-order chi connectivity index (χ1) is 8.87. The molecule has 114 valence electrons. The third-order valence-electron chi connectivity index (χ3n) is 2.45. The number of esters is 1. The highest BCUT2D eigenvalue weighted by molar-refractivity contribution is 7.87. The molecule has 1 atom stereocenters. The van der Waals surface area contributed by atoms with Crippen LogP contribution in [0.15, 0.2) is 0 Å². The Bertz CT molecular complexity index is 359. The lowest BCUT2D eigenvalue weighted by Crippen LogP contribution is -2.43. The van der Waals surface area contributed by atoms with Crippen LogP contribution >= 0.6 is 0 Å². The summed E-state index contributed by atoms with van der Waals surface area (Å²) in [4.78, 5) is 10.9. The van der Waals surface area contributed by atoms with Gasteiger partial charge in [-0.25, -0.2) is 0 Å². The van der Waals surface area contributed by atoms with Crippen LogP contribution in [-0.2, 0) is 29.2 Å². The molecule has 0 bridgehead atoms. The van der Waals surface area contributed by atoms with Gasteiger partial charge in [-0.1, -0.05) is 0 Å². The second kappa shape index (κ2) is 9.21. The molecule has 0 aliphatic carbocycles. The second-order valence-electron chi connectivity index (χ2n) is 3.81. The number of nitrogens with zero attached hydrogens (tertiary/aromatic N) is 1. The van der Waals surface area contributed by atoms with E-state index in [0.717, 1.165) is 4.31 Å². The normalized spacial score (nSPS) is 13.5. The molecule has 0 aliphatic rings. The van der Waals surface area contributed by atoms with E-state index in [0.29, 0.717) is 0 Å². The van der Waals surface area contributed by atoms with E-state index in [1.807, 2.05) is 0 Å². The molecule has 0 saturated heterocycles. The van der Waals surface area contributed by atoms with Crippen LogP contribution < -0.4 is 4.72 Å². The van der Waals surface area contributed by atoms with Gasteiger partial charge in [0.05, 0.1) is 26.2 Å². The van der Waals surface area contributed by atoms with Crippen LogP contribution in [0.5, 0.6) is 0 Å². The Hall–Kier alpha value is -0.740. The number of nitrogens with one attached hydrogen (secondary N) is 1. The number of methoxy groups -OCH3 is 3. The van der Waals surface area contributed by atoms with E-state index in [-0.39, 0.29) is 32.2 Å². The van der Waals surface area contributed by atoms with Crippen LogP contribution in [0.4, 0.5) is 0 Å². The first-order valence-electron chi connectivity index (χ1n) is 5.66. The lowest BCUT2D eigenvalue weighted by molar-refractivity contribution is -0.140. The van der Waals surface area contributed by atoms with Gasteiger partial charge >= 0.3 is 5.97 Å². The van der Waals surface area contributed by atoms with Crippen molar-refractivity contribution in [3.8, 4) is 0 Å². The Morgan fingerprint density at radius 2 is 1.95 bits per heavy atom. The molecule has 0 rings (SSSR count). The standard InChI is InChI=1S/C10H22N2O6S/c1-12(6-5-10(13)18-4)19(14,15)11-7-9(17-3)8-16-2/h9,11H,5-8H2,1-4H3. The number of carbonyl (C=O) groups is 1. The largest absolute Gasteiger partial charge is 0.469 e. The number of ether oxygens (including phenoxy) is 3. The van der Waals surface area contributed by atoms with Crippen molar-refractivity contribution in [1.29, 1.82) is 0 Å². The average molecular weight is 298 g/mol. The van der Waals surface area contributed by atoms with Gasteiger partial charge in [-0.3, -0.25) is 4.79 Å². The lowest BCUT2D eigenvalue weighted by Gasteiger charge is -2.20. The quantitative estimate of drug-likeness (QED) is 0.519. The summed E-state index contributed by atoms with van der Waals surface area (Å²) in [6.45, 7) is 0.421. The minimum absolute atomic E-state index is 0.000310. The van der Waals surface area contributed by atoms with Crippen LogP contribution in [0.3, 0.4) is 0 Å². The summed E-state index contributed by atoms with van der Waals surface area (Å²) < 4.78 is 41.4. The predicted octanol–water partition coefficient (Wildman–Crippen LogP) is -1.02. The third kappa shape index (κ3) is 7.43. The number of hydrogen-bond acceptors (Lipinski definition) is 6. The fraction of sp³-hybridized carbons (Fsp3) is 0.900. The molecule has 0 amide bonds. The highest BCUT2D eigenvalue weighted by Gasteiger charge is 2.20. The molecule has 1 N–H and O–H groups in total. The van der Waals surface area contributed by atoms with E-state index in [2.05, 4.69) is 9.46 Å². The number of rotatable bonds is 10. The zero-order chi connectivity index (χ0) is 14.9. The van der Waals surface area contributed by atoms with Crippen molar-refractivity contribution in [1.82, 2.24) is 9.03 Å². The highest BCUT2D eigenvalue weighted by Crippen LogP contribution is 1.98. The van der Waals surface area contributed by atoms with Gasteiger partial charge < -0.3 is 14.2 Å². The Morgan fingerprint density at radius 1 is 1.32 bits per heavy atom. The van der Waals surface area contributed by atoms with E-state index in [1.54, 1.807) is 0 Å². The van der Waals surface area contributed by atoms with Crippen LogP contribution in [0.25, 0.3) is 0 Å². The van der Waals surface area contributed by atoms with E-state index in [4.69, 9.17) is 9.47 Å². The van der Waals surface area contributed by atoms with Crippen molar-refractivity contribution < 1.29 is 27.4 Å². The summed E-state index contributed by atoms with van der Waals surface area (Å²) in [5.41, 5.74) is 0. The van der Waals surface area contributed by atoms with Gasteiger partial charge in [0, 0.05) is 34.4 Å². The summed E-state index contributed by atoms with van der Waals surface area (Å²) in [5.74, 6) is -0.462. The molecule has 0 aromatic rings. The molecule has 0 aliphatic heterocycles. The van der Waals surface area contributed by atoms with Gasteiger partial charge in [0.1, 0.15) is 0 Å². The van der Waals surface area contributed by atoms with E-state index < -0.39 is 16.2 Å². The van der Waals surface area contributed by atoms with Gasteiger partial charge in [0.25, 0.3) is 10.2 Å². The summed E-state index contributed by atoms with van der Waals surface area (Å²) in [6, 6.07) is 0. The SMILES string of the molecule is COCC(CNS(=O)(=O)N(C)CCC(=O)OC)OC.